The van der Waals surface area contributed by atoms with Gasteiger partial charge in [-0.3, -0.25) is 39.5 Å². The molecule has 0 radical (unpaired) electrons. The third-order valence-electron chi connectivity index (χ3n) is 12.6. The summed E-state index contributed by atoms with van der Waals surface area (Å²) in [6, 6.07) is 11.9. The Labute approximate surface area is 352 Å². The molecule has 13 nitrogen and oxygen atoms in total. The predicted molar refractivity (Wildman–Crippen MR) is 218 cm³/mol. The Hall–Kier alpha value is -5.83. The van der Waals surface area contributed by atoms with Crippen LogP contribution in [-0.2, 0) is 16.1 Å². The van der Waals surface area contributed by atoms with E-state index in [0.717, 1.165) is 11.0 Å². The molecule has 2 saturated heterocycles. The highest BCUT2D eigenvalue weighted by Crippen LogP contribution is 2.59. The fraction of sp³-hybridized carbons (Fsp3) is 0.444. The van der Waals surface area contributed by atoms with Crippen LogP contribution in [-0.4, -0.2) is 87.2 Å². The smallest absolute Gasteiger partial charge is 0.262 e. The van der Waals surface area contributed by atoms with Crippen LogP contribution in [0.4, 0.5) is 10.1 Å². The summed E-state index contributed by atoms with van der Waals surface area (Å²) in [6.07, 6.45) is 1.11. The molecule has 15 heteroatoms. The van der Waals surface area contributed by atoms with E-state index < -0.39 is 51.9 Å². The van der Waals surface area contributed by atoms with Crippen LogP contribution in [0, 0.1) is 39.8 Å². The standard InChI is InChI=1S/C45H45ClFN7O6/c1-43(2,51-26-14-17-52(18-15-26)35-21-30-29(20-32(35)47)39(58)54(40(30)59)34-11-12-36(55)50-37(34)56)16-13-25-8-10-28-33(49-25)23-53(38(28)57)41-44(3,4)42(45(41,5)6)60-27-9-7-24(22-48)31(46)19-27/h7-10,19-21,26,34,41-42,51H,11-12,14-15,17-18,23H2,1-6H3,(H,50,55,56)/t34?,41-,42-. The summed E-state index contributed by atoms with van der Waals surface area (Å²) in [7, 11) is 0. The van der Waals surface area contributed by atoms with E-state index in [4.69, 9.17) is 21.3 Å². The van der Waals surface area contributed by atoms with Gasteiger partial charge in [0.1, 0.15) is 35.5 Å². The molecule has 310 valence electrons. The van der Waals surface area contributed by atoms with Gasteiger partial charge in [-0.15, -0.1) is 0 Å². The topological polar surface area (TPSA) is 165 Å². The molecule has 3 aromatic rings. The highest BCUT2D eigenvalue weighted by atomic mass is 35.5. The lowest BCUT2D eigenvalue weighted by molar-refractivity contribution is -0.199. The zero-order valence-electron chi connectivity index (χ0n) is 34.2. The minimum atomic E-state index is -1.13. The van der Waals surface area contributed by atoms with Gasteiger partial charge in [-0.05, 0) is 75.4 Å². The lowest BCUT2D eigenvalue weighted by Gasteiger charge is -2.65. The van der Waals surface area contributed by atoms with E-state index in [1.807, 2.05) is 23.6 Å². The summed E-state index contributed by atoms with van der Waals surface area (Å²) >= 11 is 6.28. The quantitative estimate of drug-likeness (QED) is 0.234. The van der Waals surface area contributed by atoms with Gasteiger partial charge in [0.25, 0.3) is 17.7 Å². The first-order valence-corrected chi connectivity index (χ1v) is 20.5. The molecule has 5 heterocycles. The van der Waals surface area contributed by atoms with Crippen LogP contribution in [0.5, 0.6) is 5.75 Å². The van der Waals surface area contributed by atoms with Gasteiger partial charge in [0, 0.05) is 48.5 Å². The lowest BCUT2D eigenvalue weighted by Crippen LogP contribution is -2.74. The van der Waals surface area contributed by atoms with Crippen LogP contribution >= 0.6 is 11.6 Å². The number of carbonyl (C=O) groups excluding carboxylic acids is 5. The number of fused-ring (bicyclic) bond motifs is 2. The number of hydrogen-bond donors (Lipinski definition) is 2. The van der Waals surface area contributed by atoms with E-state index in [1.54, 1.807) is 30.3 Å². The minimum Gasteiger partial charge on any atom is -0.489 e. The number of nitriles is 1. The molecule has 0 bridgehead atoms. The largest absolute Gasteiger partial charge is 0.489 e. The Morgan fingerprint density at radius 3 is 2.27 bits per heavy atom. The van der Waals surface area contributed by atoms with Gasteiger partial charge in [0.2, 0.25) is 11.8 Å². The van der Waals surface area contributed by atoms with E-state index in [0.29, 0.717) is 65.8 Å². The van der Waals surface area contributed by atoms with Gasteiger partial charge < -0.3 is 14.5 Å². The third kappa shape index (κ3) is 6.95. The van der Waals surface area contributed by atoms with Crippen molar-refractivity contribution in [2.24, 2.45) is 10.8 Å². The molecule has 2 aromatic carbocycles. The van der Waals surface area contributed by atoms with E-state index in [-0.39, 0.29) is 53.8 Å². The Kier molecular flexibility index (Phi) is 10.0. The van der Waals surface area contributed by atoms with Gasteiger partial charge in [-0.2, -0.15) is 5.26 Å². The van der Waals surface area contributed by atoms with Crippen LogP contribution in [0.25, 0.3) is 0 Å². The number of benzene rings is 2. The fourth-order valence-corrected chi connectivity index (χ4v) is 10.5. The number of halogens is 2. The molecule has 5 amide bonds. The van der Waals surface area contributed by atoms with E-state index in [2.05, 4.69) is 56.2 Å². The van der Waals surface area contributed by atoms with Crippen LogP contribution in [0.3, 0.4) is 0 Å². The van der Waals surface area contributed by atoms with Crippen molar-refractivity contribution in [2.45, 2.75) is 104 Å². The summed E-state index contributed by atoms with van der Waals surface area (Å²) in [5, 5.41) is 15.4. The number of anilines is 1. The number of ether oxygens (including phenoxy) is 1. The second-order valence-electron chi connectivity index (χ2n) is 18.0. The van der Waals surface area contributed by atoms with Gasteiger partial charge in [0.15, 0.2) is 0 Å². The molecule has 5 aliphatic rings. The summed E-state index contributed by atoms with van der Waals surface area (Å²) in [6.45, 7) is 13.6. The molecule has 2 N–H and O–H groups in total. The number of rotatable bonds is 7. The van der Waals surface area contributed by atoms with Crippen molar-refractivity contribution in [1.29, 1.82) is 5.26 Å². The van der Waals surface area contributed by atoms with Crippen molar-refractivity contribution < 1.29 is 33.1 Å². The molecular formula is C45H45ClFN7O6. The molecule has 3 fully saturated rings. The molecule has 1 aliphatic carbocycles. The highest BCUT2D eigenvalue weighted by molar-refractivity contribution is 6.31. The number of hydrogen-bond acceptors (Lipinski definition) is 10. The summed E-state index contributed by atoms with van der Waals surface area (Å²) in [5.41, 5.74) is 0.876. The SMILES string of the molecule is CC(C)(C#Cc1ccc2c(n1)CN([C@H]1C(C)(C)[C@H](Oc3ccc(C#N)c(Cl)c3)C1(C)C)C2=O)NC1CCN(c2cc3c(cc2F)C(=O)N(C2CCC(=O)NC2=O)C3=O)CC1. The maximum absolute atomic E-state index is 15.5. The van der Waals surface area contributed by atoms with Crippen LogP contribution in [0.2, 0.25) is 5.02 Å². The Morgan fingerprint density at radius 1 is 0.933 bits per heavy atom. The first-order valence-electron chi connectivity index (χ1n) is 20.1. The van der Waals surface area contributed by atoms with E-state index in [9.17, 15) is 29.2 Å². The summed E-state index contributed by atoms with van der Waals surface area (Å²) < 4.78 is 22.0. The van der Waals surface area contributed by atoms with Gasteiger partial charge >= 0.3 is 0 Å². The predicted octanol–water partition coefficient (Wildman–Crippen LogP) is 5.37. The molecule has 60 heavy (non-hydrogen) atoms. The lowest BCUT2D eigenvalue weighted by atomic mass is 9.49. The average molecular weight is 834 g/mol. The van der Waals surface area contributed by atoms with Crippen molar-refractivity contribution >= 4 is 46.8 Å². The number of aromatic nitrogens is 1. The zero-order chi connectivity index (χ0) is 43.1. The monoisotopic (exact) mass is 833 g/mol. The number of nitrogens with zero attached hydrogens (tertiary/aromatic N) is 5. The average Bonchev–Trinajstić information content (AvgIpc) is 3.62. The second-order valence-corrected chi connectivity index (χ2v) is 18.4. The molecule has 1 atom stereocenters. The first-order chi connectivity index (χ1) is 28.3. The van der Waals surface area contributed by atoms with Gasteiger partial charge in [-0.1, -0.05) is 45.2 Å². The first kappa shape index (κ1) is 40.9. The number of pyridine rings is 1. The molecule has 1 unspecified atom stereocenters. The number of carbonyl (C=O) groups is 5. The summed E-state index contributed by atoms with van der Waals surface area (Å²) in [4.78, 5) is 73.8. The Balaban J connectivity index is 0.885. The van der Waals surface area contributed by atoms with E-state index in [1.165, 1.54) is 6.07 Å². The van der Waals surface area contributed by atoms with Crippen molar-refractivity contribution in [3.63, 3.8) is 0 Å². The minimum absolute atomic E-state index is 0.00205. The normalized spacial score (nSPS) is 23.4. The summed E-state index contributed by atoms with van der Waals surface area (Å²) in [5.74, 6) is 3.77. The van der Waals surface area contributed by atoms with Crippen molar-refractivity contribution in [3.05, 3.63) is 86.9 Å². The third-order valence-corrected chi connectivity index (χ3v) is 12.9. The van der Waals surface area contributed by atoms with Crippen LogP contribution < -0.4 is 20.3 Å². The Bertz CT molecular complexity index is 2480. The molecule has 1 saturated carbocycles. The number of nitrogens with one attached hydrogen (secondary N) is 2. The molecule has 0 spiro atoms. The van der Waals surface area contributed by atoms with Crippen LogP contribution in [0.15, 0.2) is 42.5 Å². The zero-order valence-corrected chi connectivity index (χ0v) is 35.0. The van der Waals surface area contributed by atoms with Gasteiger partial charge in [0.05, 0.1) is 50.7 Å². The fourth-order valence-electron chi connectivity index (χ4n) is 10.2. The van der Waals surface area contributed by atoms with Crippen molar-refractivity contribution in [3.8, 4) is 23.7 Å². The number of amides is 5. The number of imide groups is 2. The van der Waals surface area contributed by atoms with Gasteiger partial charge in [-0.25, -0.2) is 9.37 Å². The van der Waals surface area contributed by atoms with Crippen LogP contribution in [0.1, 0.15) is 115 Å². The van der Waals surface area contributed by atoms with E-state index >= 15 is 4.39 Å². The molecular weight excluding hydrogens is 789 g/mol. The molecule has 1 aromatic heterocycles. The molecule has 8 rings (SSSR count). The van der Waals surface area contributed by atoms with Crippen molar-refractivity contribution in [1.82, 2.24) is 25.4 Å². The maximum Gasteiger partial charge on any atom is 0.262 e. The highest BCUT2D eigenvalue weighted by Gasteiger charge is 2.67. The van der Waals surface area contributed by atoms with Crippen molar-refractivity contribution in [2.75, 3.05) is 18.0 Å². The number of piperidine rings is 2. The Morgan fingerprint density at radius 2 is 1.62 bits per heavy atom. The second kappa shape index (κ2) is 14.7. The molecule has 4 aliphatic heterocycles. The maximum atomic E-state index is 15.5.